The number of carbonyl (C=O) groups is 1. The van der Waals surface area contributed by atoms with Crippen molar-refractivity contribution in [2.24, 2.45) is 0 Å². The Morgan fingerprint density at radius 1 is 1.53 bits per heavy atom. The molecule has 1 aromatic carbocycles. The monoisotopic (exact) mass is 263 g/mol. The maximum atomic E-state index is 12.0. The van der Waals surface area contributed by atoms with Crippen molar-refractivity contribution in [2.45, 2.75) is 38.8 Å². The Morgan fingerprint density at radius 3 is 2.95 bits per heavy atom. The number of nitrogens with one attached hydrogen (secondary N) is 1. The van der Waals surface area contributed by atoms with Gasteiger partial charge >= 0.3 is 0 Å². The Kier molecular flexibility index (Phi) is 4.43. The zero-order valence-corrected chi connectivity index (χ0v) is 11.7. The van der Waals surface area contributed by atoms with Gasteiger partial charge in [-0.1, -0.05) is 17.7 Å². The number of aryl methyl sites for hydroxylation is 1. The number of hydrogen-bond acceptors (Lipinski definition) is 3. The molecule has 0 unspecified atom stereocenters. The predicted octanol–water partition coefficient (Wildman–Crippen LogP) is 2.36. The van der Waals surface area contributed by atoms with E-state index >= 15 is 0 Å². The summed E-state index contributed by atoms with van der Waals surface area (Å²) in [5.74, 6) is 0.763. The van der Waals surface area contributed by atoms with E-state index < -0.39 is 0 Å². The van der Waals surface area contributed by atoms with Crippen molar-refractivity contribution >= 4 is 5.91 Å². The zero-order chi connectivity index (χ0) is 13.8. The summed E-state index contributed by atoms with van der Waals surface area (Å²) in [6, 6.07) is 5.88. The molecule has 1 fully saturated rings. The number of benzene rings is 1. The molecule has 1 amide bonds. The van der Waals surface area contributed by atoms with Crippen molar-refractivity contribution < 1.29 is 14.3 Å². The van der Waals surface area contributed by atoms with Crippen LogP contribution in [-0.4, -0.2) is 25.7 Å². The van der Waals surface area contributed by atoms with E-state index in [1.807, 2.05) is 32.0 Å². The van der Waals surface area contributed by atoms with E-state index in [9.17, 15) is 4.79 Å². The number of carbonyl (C=O) groups excluding carboxylic acids is 1. The van der Waals surface area contributed by atoms with E-state index in [0.717, 1.165) is 29.7 Å². The first kappa shape index (κ1) is 13.9. The predicted molar refractivity (Wildman–Crippen MR) is 73.3 cm³/mol. The Bertz CT molecular complexity index is 453. The minimum absolute atomic E-state index is 0.0337. The fourth-order valence-corrected chi connectivity index (χ4v) is 2.36. The normalized spacial score (nSPS) is 20.1. The van der Waals surface area contributed by atoms with Crippen LogP contribution < -0.4 is 10.1 Å². The molecule has 1 aliphatic rings. The largest absolute Gasteiger partial charge is 0.496 e. The van der Waals surface area contributed by atoms with Crippen molar-refractivity contribution in [3.8, 4) is 5.75 Å². The number of hydrogen-bond donors (Lipinski definition) is 1. The summed E-state index contributed by atoms with van der Waals surface area (Å²) in [7, 11) is 1.64. The zero-order valence-electron chi connectivity index (χ0n) is 11.7. The van der Waals surface area contributed by atoms with Gasteiger partial charge in [0.05, 0.1) is 13.2 Å². The lowest BCUT2D eigenvalue weighted by Crippen LogP contribution is -2.35. The van der Waals surface area contributed by atoms with E-state index in [-0.39, 0.29) is 18.1 Å². The molecular weight excluding hydrogens is 242 g/mol. The third-order valence-electron chi connectivity index (χ3n) is 3.43. The van der Waals surface area contributed by atoms with Crippen molar-refractivity contribution in [1.82, 2.24) is 5.32 Å². The van der Waals surface area contributed by atoms with Gasteiger partial charge in [-0.25, -0.2) is 0 Å². The standard InChI is InChI=1S/C15H21NO3/c1-10-6-7-13(18-3)12(9-10)11(2)16-15(17)14-5-4-8-19-14/h6-7,9,11,14H,4-5,8H2,1-3H3,(H,16,17)/t11-,14+/m1/s1. The van der Waals surface area contributed by atoms with Crippen molar-refractivity contribution in [3.63, 3.8) is 0 Å². The molecule has 1 aliphatic heterocycles. The lowest BCUT2D eigenvalue weighted by atomic mass is 10.0. The van der Waals surface area contributed by atoms with Gasteiger partial charge in [0.25, 0.3) is 0 Å². The van der Waals surface area contributed by atoms with Gasteiger partial charge in [-0.05, 0) is 32.8 Å². The van der Waals surface area contributed by atoms with Crippen LogP contribution >= 0.6 is 0 Å². The van der Waals surface area contributed by atoms with Crippen LogP contribution in [0.1, 0.15) is 36.9 Å². The summed E-state index contributed by atoms with van der Waals surface area (Å²) in [6.07, 6.45) is 1.47. The summed E-state index contributed by atoms with van der Waals surface area (Å²) in [4.78, 5) is 12.0. The molecule has 1 aromatic rings. The highest BCUT2D eigenvalue weighted by Gasteiger charge is 2.25. The molecule has 4 heteroatoms. The van der Waals surface area contributed by atoms with E-state index in [4.69, 9.17) is 9.47 Å². The second-order valence-electron chi connectivity index (χ2n) is 4.98. The molecule has 0 bridgehead atoms. The van der Waals surface area contributed by atoms with E-state index in [0.29, 0.717) is 6.61 Å². The van der Waals surface area contributed by atoms with Crippen LogP contribution in [0.4, 0.5) is 0 Å². The third kappa shape index (κ3) is 3.26. The van der Waals surface area contributed by atoms with Crippen molar-refractivity contribution in [2.75, 3.05) is 13.7 Å². The molecule has 1 N–H and O–H groups in total. The van der Waals surface area contributed by atoms with E-state index in [1.54, 1.807) is 7.11 Å². The quantitative estimate of drug-likeness (QED) is 0.907. The Labute approximate surface area is 114 Å². The fourth-order valence-electron chi connectivity index (χ4n) is 2.36. The Balaban J connectivity index is 2.08. The highest BCUT2D eigenvalue weighted by molar-refractivity contribution is 5.81. The SMILES string of the molecule is COc1ccc(C)cc1[C@@H](C)NC(=O)[C@@H]1CCCO1. The maximum Gasteiger partial charge on any atom is 0.249 e. The van der Waals surface area contributed by atoms with Crippen molar-refractivity contribution in [3.05, 3.63) is 29.3 Å². The van der Waals surface area contributed by atoms with Gasteiger partial charge in [0.1, 0.15) is 11.9 Å². The molecule has 19 heavy (non-hydrogen) atoms. The van der Waals surface area contributed by atoms with Crippen LogP contribution in [0.15, 0.2) is 18.2 Å². The van der Waals surface area contributed by atoms with Gasteiger partial charge < -0.3 is 14.8 Å². The van der Waals surface area contributed by atoms with Gasteiger partial charge in [-0.3, -0.25) is 4.79 Å². The molecule has 104 valence electrons. The fraction of sp³-hybridized carbons (Fsp3) is 0.533. The molecule has 2 rings (SSSR count). The van der Waals surface area contributed by atoms with E-state index in [2.05, 4.69) is 5.32 Å². The molecule has 2 atom stereocenters. The summed E-state index contributed by atoms with van der Waals surface area (Å²) in [5.41, 5.74) is 2.14. The molecule has 0 saturated carbocycles. The highest BCUT2D eigenvalue weighted by atomic mass is 16.5. The molecule has 1 heterocycles. The Hall–Kier alpha value is -1.55. The average Bonchev–Trinajstić information content (AvgIpc) is 2.92. The van der Waals surface area contributed by atoms with Gasteiger partial charge in [-0.2, -0.15) is 0 Å². The first-order chi connectivity index (χ1) is 9.11. The lowest BCUT2D eigenvalue weighted by Gasteiger charge is -2.19. The second kappa shape index (κ2) is 6.06. The maximum absolute atomic E-state index is 12.0. The summed E-state index contributed by atoms with van der Waals surface area (Å²) >= 11 is 0. The molecule has 0 radical (unpaired) electrons. The van der Waals surface area contributed by atoms with Crippen LogP contribution in [0.25, 0.3) is 0 Å². The molecule has 0 spiro atoms. The number of amides is 1. The number of methoxy groups -OCH3 is 1. The summed E-state index contributed by atoms with van der Waals surface area (Å²) < 4.78 is 10.7. The third-order valence-corrected chi connectivity index (χ3v) is 3.43. The van der Waals surface area contributed by atoms with Crippen LogP contribution in [0.5, 0.6) is 5.75 Å². The average molecular weight is 263 g/mol. The lowest BCUT2D eigenvalue weighted by molar-refractivity contribution is -0.130. The highest BCUT2D eigenvalue weighted by Crippen LogP contribution is 2.26. The van der Waals surface area contributed by atoms with Gasteiger partial charge in [0, 0.05) is 12.2 Å². The van der Waals surface area contributed by atoms with Crippen LogP contribution in [0, 0.1) is 6.92 Å². The van der Waals surface area contributed by atoms with Gasteiger partial charge in [0.15, 0.2) is 0 Å². The molecular formula is C15H21NO3. The van der Waals surface area contributed by atoms with Gasteiger partial charge in [0.2, 0.25) is 5.91 Å². The minimum Gasteiger partial charge on any atom is -0.496 e. The molecule has 4 nitrogen and oxygen atoms in total. The first-order valence-electron chi connectivity index (χ1n) is 6.68. The molecule has 0 aromatic heterocycles. The number of ether oxygens (including phenoxy) is 2. The topological polar surface area (TPSA) is 47.6 Å². The smallest absolute Gasteiger partial charge is 0.249 e. The second-order valence-corrected chi connectivity index (χ2v) is 4.98. The molecule has 1 saturated heterocycles. The van der Waals surface area contributed by atoms with Crippen LogP contribution in [0.3, 0.4) is 0 Å². The van der Waals surface area contributed by atoms with E-state index in [1.165, 1.54) is 0 Å². The minimum atomic E-state index is -0.293. The van der Waals surface area contributed by atoms with Gasteiger partial charge in [-0.15, -0.1) is 0 Å². The van der Waals surface area contributed by atoms with Crippen LogP contribution in [-0.2, 0) is 9.53 Å². The Morgan fingerprint density at radius 2 is 2.32 bits per heavy atom. The number of rotatable bonds is 4. The van der Waals surface area contributed by atoms with Crippen LogP contribution in [0.2, 0.25) is 0 Å². The summed E-state index contributed by atoms with van der Waals surface area (Å²) in [5, 5.41) is 3.00. The first-order valence-corrected chi connectivity index (χ1v) is 6.68. The summed E-state index contributed by atoms with van der Waals surface area (Å²) in [6.45, 7) is 4.67. The van der Waals surface area contributed by atoms with Crippen molar-refractivity contribution in [1.29, 1.82) is 0 Å². The molecule has 0 aliphatic carbocycles.